The van der Waals surface area contributed by atoms with Gasteiger partial charge in [0.1, 0.15) is 0 Å². The minimum absolute atomic E-state index is 0.420. The van der Waals surface area contributed by atoms with Crippen LogP contribution in [0.4, 0.5) is 0 Å². The first-order chi connectivity index (χ1) is 5.47. The number of hydrogen-bond acceptors (Lipinski definition) is 0. The summed E-state index contributed by atoms with van der Waals surface area (Å²) in [7, 11) is 0. The van der Waals surface area contributed by atoms with E-state index in [-0.39, 0.29) is 0 Å². The quantitative estimate of drug-likeness (QED) is 0.550. The molecule has 2 unspecified atom stereocenters. The van der Waals surface area contributed by atoms with E-state index in [2.05, 4.69) is 47.3 Å². The van der Waals surface area contributed by atoms with Crippen LogP contribution in [0, 0.1) is 17.3 Å². The van der Waals surface area contributed by atoms with Crippen LogP contribution >= 0.6 is 0 Å². The molecule has 12 heavy (non-hydrogen) atoms. The zero-order chi connectivity index (χ0) is 9.78. The maximum Gasteiger partial charge on any atom is -0.0206 e. The third kappa shape index (κ3) is 3.00. The van der Waals surface area contributed by atoms with Crippen LogP contribution in [-0.4, -0.2) is 0 Å². The monoisotopic (exact) mass is 168 g/mol. The van der Waals surface area contributed by atoms with Gasteiger partial charge in [0, 0.05) is 0 Å². The predicted octanol–water partition coefficient (Wildman–Crippen LogP) is 4.27. The van der Waals surface area contributed by atoms with Gasteiger partial charge in [0.2, 0.25) is 0 Å². The number of allylic oxidation sites excluding steroid dienone is 1. The topological polar surface area (TPSA) is 0 Å². The van der Waals surface area contributed by atoms with Crippen molar-refractivity contribution in [3.05, 3.63) is 12.7 Å². The third-order valence-electron chi connectivity index (χ3n) is 2.84. The highest BCUT2D eigenvalue weighted by atomic mass is 14.3. The molecular weight excluding hydrogens is 144 g/mol. The van der Waals surface area contributed by atoms with Gasteiger partial charge in [-0.3, -0.25) is 0 Å². The van der Waals surface area contributed by atoms with Crippen molar-refractivity contribution in [2.24, 2.45) is 17.3 Å². The van der Waals surface area contributed by atoms with Gasteiger partial charge in [0.05, 0.1) is 0 Å². The molecule has 2 atom stereocenters. The second-order valence-corrected chi connectivity index (χ2v) is 4.69. The zero-order valence-electron chi connectivity index (χ0n) is 9.35. The van der Waals surface area contributed by atoms with Crippen molar-refractivity contribution in [2.75, 3.05) is 0 Å². The minimum Gasteiger partial charge on any atom is -0.103 e. The summed E-state index contributed by atoms with van der Waals surface area (Å²) < 4.78 is 0. The molecule has 0 saturated heterocycles. The molecule has 0 heteroatoms. The van der Waals surface area contributed by atoms with Crippen LogP contribution in [0.2, 0.25) is 0 Å². The van der Waals surface area contributed by atoms with Gasteiger partial charge in [-0.05, 0) is 23.7 Å². The van der Waals surface area contributed by atoms with Crippen LogP contribution in [0.15, 0.2) is 12.7 Å². The van der Waals surface area contributed by atoms with Crippen molar-refractivity contribution < 1.29 is 0 Å². The lowest BCUT2D eigenvalue weighted by molar-refractivity contribution is 0.175. The predicted molar refractivity (Wildman–Crippen MR) is 57.2 cm³/mol. The van der Waals surface area contributed by atoms with E-state index in [0.29, 0.717) is 11.3 Å². The Bertz CT molecular complexity index is 127. The summed E-state index contributed by atoms with van der Waals surface area (Å²) >= 11 is 0. The van der Waals surface area contributed by atoms with E-state index in [1.165, 1.54) is 12.8 Å². The molecule has 0 aromatic rings. The summed E-state index contributed by atoms with van der Waals surface area (Å²) in [5, 5.41) is 0. The first kappa shape index (κ1) is 11.7. The summed E-state index contributed by atoms with van der Waals surface area (Å²) in [5.41, 5.74) is 0.420. The fourth-order valence-electron chi connectivity index (χ4n) is 2.17. The van der Waals surface area contributed by atoms with Crippen molar-refractivity contribution >= 4 is 0 Å². The van der Waals surface area contributed by atoms with Crippen molar-refractivity contribution in [1.82, 2.24) is 0 Å². The van der Waals surface area contributed by atoms with E-state index in [4.69, 9.17) is 0 Å². The van der Waals surface area contributed by atoms with E-state index >= 15 is 0 Å². The molecule has 0 aromatic heterocycles. The van der Waals surface area contributed by atoms with Crippen molar-refractivity contribution in [2.45, 2.75) is 47.5 Å². The van der Waals surface area contributed by atoms with E-state index in [1.54, 1.807) is 0 Å². The summed E-state index contributed by atoms with van der Waals surface area (Å²) in [5.74, 6) is 1.47. The van der Waals surface area contributed by atoms with Crippen LogP contribution in [0.3, 0.4) is 0 Å². The molecule has 0 rings (SSSR count). The van der Waals surface area contributed by atoms with Gasteiger partial charge in [-0.15, -0.1) is 6.58 Å². The number of rotatable bonds is 4. The van der Waals surface area contributed by atoms with Gasteiger partial charge in [0.25, 0.3) is 0 Å². The summed E-state index contributed by atoms with van der Waals surface area (Å²) in [4.78, 5) is 0. The standard InChI is InChI=1S/C12H24/c1-7-10(8-2)11(9-3)12(4,5)6/h7,10-11H,1,8-9H2,2-6H3. The molecule has 0 aliphatic heterocycles. The normalized spacial score (nSPS) is 17.1. The lowest BCUT2D eigenvalue weighted by Crippen LogP contribution is -2.26. The highest BCUT2D eigenvalue weighted by Gasteiger charge is 2.27. The molecule has 0 N–H and O–H groups in total. The summed E-state index contributed by atoms with van der Waals surface area (Å²) in [6.07, 6.45) is 4.60. The van der Waals surface area contributed by atoms with E-state index in [1.807, 2.05) is 0 Å². The molecule has 0 heterocycles. The molecule has 0 fully saturated rings. The Morgan fingerprint density at radius 1 is 1.17 bits per heavy atom. The lowest BCUT2D eigenvalue weighted by Gasteiger charge is -2.34. The van der Waals surface area contributed by atoms with Gasteiger partial charge in [-0.25, -0.2) is 0 Å². The SMILES string of the molecule is C=CC(CC)C(CC)C(C)(C)C. The molecule has 0 aromatic carbocycles. The van der Waals surface area contributed by atoms with Crippen molar-refractivity contribution in [3.63, 3.8) is 0 Å². The average Bonchev–Trinajstić information content (AvgIpc) is 1.97. The lowest BCUT2D eigenvalue weighted by atomic mass is 9.71. The Kier molecular flexibility index (Phi) is 4.59. The molecule has 72 valence electrons. The van der Waals surface area contributed by atoms with Crippen LogP contribution in [-0.2, 0) is 0 Å². The van der Waals surface area contributed by atoms with Crippen LogP contribution in [0.25, 0.3) is 0 Å². The highest BCUT2D eigenvalue weighted by molar-refractivity contribution is 4.88. The molecule has 0 radical (unpaired) electrons. The van der Waals surface area contributed by atoms with Gasteiger partial charge >= 0.3 is 0 Å². The smallest absolute Gasteiger partial charge is 0.0206 e. The highest BCUT2D eigenvalue weighted by Crippen LogP contribution is 2.36. The average molecular weight is 168 g/mol. The van der Waals surface area contributed by atoms with Gasteiger partial charge < -0.3 is 0 Å². The Morgan fingerprint density at radius 3 is 1.75 bits per heavy atom. The van der Waals surface area contributed by atoms with Crippen LogP contribution < -0.4 is 0 Å². The maximum atomic E-state index is 3.91. The molecule has 0 aliphatic rings. The first-order valence-corrected chi connectivity index (χ1v) is 5.09. The van der Waals surface area contributed by atoms with Gasteiger partial charge in [-0.2, -0.15) is 0 Å². The molecular formula is C12H24. The van der Waals surface area contributed by atoms with Gasteiger partial charge in [-0.1, -0.05) is 47.1 Å². The van der Waals surface area contributed by atoms with E-state index in [9.17, 15) is 0 Å². The number of hydrogen-bond donors (Lipinski definition) is 0. The molecule has 0 amide bonds. The summed E-state index contributed by atoms with van der Waals surface area (Å²) in [6, 6.07) is 0. The third-order valence-corrected chi connectivity index (χ3v) is 2.84. The van der Waals surface area contributed by atoms with Crippen molar-refractivity contribution in [1.29, 1.82) is 0 Å². The van der Waals surface area contributed by atoms with Crippen LogP contribution in [0.1, 0.15) is 47.5 Å². The zero-order valence-corrected chi connectivity index (χ0v) is 9.35. The second kappa shape index (κ2) is 4.69. The molecule has 0 bridgehead atoms. The minimum atomic E-state index is 0.420. The van der Waals surface area contributed by atoms with E-state index in [0.717, 1.165) is 5.92 Å². The Balaban J connectivity index is 4.41. The van der Waals surface area contributed by atoms with Crippen molar-refractivity contribution in [3.8, 4) is 0 Å². The fraction of sp³-hybridized carbons (Fsp3) is 0.833. The Morgan fingerprint density at radius 2 is 1.67 bits per heavy atom. The molecule has 0 saturated carbocycles. The molecule has 0 aliphatic carbocycles. The van der Waals surface area contributed by atoms with E-state index < -0.39 is 0 Å². The Labute approximate surface area is 78.1 Å². The van der Waals surface area contributed by atoms with Crippen LogP contribution in [0.5, 0.6) is 0 Å². The first-order valence-electron chi connectivity index (χ1n) is 5.09. The molecule has 0 spiro atoms. The molecule has 0 nitrogen and oxygen atoms in total. The van der Waals surface area contributed by atoms with Gasteiger partial charge in [0.15, 0.2) is 0 Å². The second-order valence-electron chi connectivity index (χ2n) is 4.69. The summed E-state index contributed by atoms with van der Waals surface area (Å²) in [6.45, 7) is 15.4. The maximum absolute atomic E-state index is 3.91. The fourth-order valence-corrected chi connectivity index (χ4v) is 2.17. The largest absolute Gasteiger partial charge is 0.103 e. The Hall–Kier alpha value is -0.260.